The first-order valence-corrected chi connectivity index (χ1v) is 7.04. The zero-order chi connectivity index (χ0) is 16.6. The third kappa shape index (κ3) is 2.62. The van der Waals surface area contributed by atoms with Gasteiger partial charge in [-0.1, -0.05) is 23.2 Å². The molecule has 0 aliphatic heterocycles. The Morgan fingerprint density at radius 3 is 2.55 bits per heavy atom. The minimum atomic E-state index is -0.679. The molecule has 1 aromatic carbocycles. The topological polar surface area (TPSA) is 65.2 Å². The fraction of sp³-hybridized carbons (Fsp3) is 0.200. The smallest absolute Gasteiger partial charge is 0.179 e. The van der Waals surface area contributed by atoms with Crippen molar-refractivity contribution in [1.82, 2.24) is 4.98 Å². The maximum atomic E-state index is 14.6. The second-order valence-corrected chi connectivity index (χ2v) is 5.45. The molecule has 2 rings (SSSR count). The SMILES string of the molecule is COc1c(Cl)ccc(-c2nc(C(C)=O)c(Cl)c(N)c2C)c1F. The number of rotatable bonds is 3. The summed E-state index contributed by atoms with van der Waals surface area (Å²) in [5.41, 5.74) is 6.91. The van der Waals surface area contributed by atoms with Crippen LogP contribution in [0.25, 0.3) is 11.3 Å². The number of nitrogen functional groups attached to an aromatic ring is 1. The second kappa shape index (κ2) is 6.10. The average molecular weight is 343 g/mol. The van der Waals surface area contributed by atoms with Gasteiger partial charge in [0.1, 0.15) is 5.69 Å². The first kappa shape index (κ1) is 16.5. The van der Waals surface area contributed by atoms with E-state index in [-0.39, 0.29) is 44.2 Å². The highest BCUT2D eigenvalue weighted by Gasteiger charge is 2.22. The lowest BCUT2D eigenvalue weighted by Crippen LogP contribution is -2.07. The molecule has 0 bridgehead atoms. The van der Waals surface area contributed by atoms with Crippen molar-refractivity contribution in [3.8, 4) is 17.0 Å². The third-order valence-corrected chi connectivity index (χ3v) is 3.95. The van der Waals surface area contributed by atoms with Crippen molar-refractivity contribution in [3.05, 3.63) is 39.3 Å². The molecule has 4 nitrogen and oxygen atoms in total. The van der Waals surface area contributed by atoms with Gasteiger partial charge in [-0.2, -0.15) is 0 Å². The van der Waals surface area contributed by atoms with Crippen molar-refractivity contribution in [1.29, 1.82) is 0 Å². The van der Waals surface area contributed by atoms with E-state index in [4.69, 9.17) is 33.7 Å². The number of Topliss-reactive ketones (excluding diaryl/α,β-unsaturated/α-hetero) is 1. The summed E-state index contributed by atoms with van der Waals surface area (Å²) < 4.78 is 19.5. The van der Waals surface area contributed by atoms with Crippen LogP contribution in [-0.2, 0) is 0 Å². The molecule has 0 saturated carbocycles. The molecule has 22 heavy (non-hydrogen) atoms. The Kier molecular flexibility index (Phi) is 4.58. The summed E-state index contributed by atoms with van der Waals surface area (Å²) >= 11 is 11.9. The van der Waals surface area contributed by atoms with Crippen molar-refractivity contribution in [2.24, 2.45) is 0 Å². The molecular weight excluding hydrogens is 330 g/mol. The molecule has 116 valence electrons. The monoisotopic (exact) mass is 342 g/mol. The summed E-state index contributed by atoms with van der Waals surface area (Å²) in [6.45, 7) is 2.96. The molecular formula is C15H13Cl2FN2O2. The summed E-state index contributed by atoms with van der Waals surface area (Å²) in [7, 11) is 1.31. The Hall–Kier alpha value is -1.85. The number of benzene rings is 1. The van der Waals surface area contributed by atoms with Crippen molar-refractivity contribution >= 4 is 34.7 Å². The van der Waals surface area contributed by atoms with Crippen LogP contribution in [0.15, 0.2) is 12.1 Å². The molecule has 0 amide bonds. The van der Waals surface area contributed by atoms with Crippen molar-refractivity contribution in [3.63, 3.8) is 0 Å². The number of aromatic nitrogens is 1. The number of anilines is 1. The van der Waals surface area contributed by atoms with Gasteiger partial charge in [0, 0.05) is 12.5 Å². The lowest BCUT2D eigenvalue weighted by Gasteiger charge is -2.14. The standard InChI is InChI=1S/C15H13Cl2FN2O2/c1-6-12(19)10(17)14(7(2)21)20-13(6)8-4-5-9(16)15(22-3)11(8)18/h4-5H,1-3H3,(H2,19,20). The summed E-state index contributed by atoms with van der Waals surface area (Å²) in [6, 6.07) is 2.94. The van der Waals surface area contributed by atoms with Gasteiger partial charge in [-0.25, -0.2) is 9.37 Å². The zero-order valence-corrected chi connectivity index (χ0v) is 13.6. The number of nitrogens with two attached hydrogens (primary N) is 1. The van der Waals surface area contributed by atoms with E-state index in [0.717, 1.165) is 0 Å². The third-order valence-electron chi connectivity index (χ3n) is 3.27. The largest absolute Gasteiger partial charge is 0.492 e. The molecule has 0 atom stereocenters. The predicted octanol–water partition coefficient (Wildman–Crippen LogP) is 4.30. The quantitative estimate of drug-likeness (QED) is 0.844. The van der Waals surface area contributed by atoms with Gasteiger partial charge in [0.15, 0.2) is 17.3 Å². The van der Waals surface area contributed by atoms with E-state index >= 15 is 0 Å². The van der Waals surface area contributed by atoms with E-state index in [2.05, 4.69) is 4.98 Å². The minimum Gasteiger partial charge on any atom is -0.492 e. The van der Waals surface area contributed by atoms with Gasteiger partial charge in [-0.3, -0.25) is 4.79 Å². The molecule has 0 aliphatic carbocycles. The van der Waals surface area contributed by atoms with E-state index < -0.39 is 5.82 Å². The van der Waals surface area contributed by atoms with Gasteiger partial charge in [-0.05, 0) is 24.6 Å². The Morgan fingerprint density at radius 2 is 2.00 bits per heavy atom. The Labute approximate surface area is 137 Å². The number of pyridine rings is 1. The van der Waals surface area contributed by atoms with Gasteiger partial charge in [0.25, 0.3) is 0 Å². The molecule has 1 heterocycles. The molecule has 0 saturated heterocycles. The highest BCUT2D eigenvalue weighted by atomic mass is 35.5. The Balaban J connectivity index is 2.81. The van der Waals surface area contributed by atoms with Gasteiger partial charge in [0.05, 0.1) is 28.5 Å². The minimum absolute atomic E-state index is 0.00640. The maximum Gasteiger partial charge on any atom is 0.179 e. The van der Waals surface area contributed by atoms with E-state index in [1.807, 2.05) is 0 Å². The second-order valence-electron chi connectivity index (χ2n) is 4.66. The number of carbonyl (C=O) groups excluding carboxylic acids is 1. The molecule has 0 unspecified atom stereocenters. The number of methoxy groups -OCH3 is 1. The van der Waals surface area contributed by atoms with E-state index in [1.54, 1.807) is 6.92 Å². The van der Waals surface area contributed by atoms with Gasteiger partial charge in [-0.15, -0.1) is 0 Å². The van der Waals surface area contributed by atoms with Gasteiger partial charge < -0.3 is 10.5 Å². The van der Waals surface area contributed by atoms with E-state index in [9.17, 15) is 9.18 Å². The Bertz CT molecular complexity index is 779. The lowest BCUT2D eigenvalue weighted by atomic mass is 10.0. The molecule has 7 heteroatoms. The van der Waals surface area contributed by atoms with Crippen molar-refractivity contribution < 1.29 is 13.9 Å². The molecule has 2 aromatic rings. The fourth-order valence-corrected chi connectivity index (χ4v) is 2.60. The van der Waals surface area contributed by atoms with Crippen LogP contribution >= 0.6 is 23.2 Å². The van der Waals surface area contributed by atoms with Crippen LogP contribution in [0.1, 0.15) is 23.0 Å². The maximum absolute atomic E-state index is 14.6. The zero-order valence-electron chi connectivity index (χ0n) is 12.1. The van der Waals surface area contributed by atoms with Gasteiger partial charge in [0.2, 0.25) is 0 Å². The number of ether oxygens (including phenoxy) is 1. The number of hydrogen-bond donors (Lipinski definition) is 1. The molecule has 0 aliphatic rings. The fourth-order valence-electron chi connectivity index (χ4n) is 2.06. The van der Waals surface area contributed by atoms with E-state index in [0.29, 0.717) is 5.56 Å². The molecule has 0 spiro atoms. The summed E-state index contributed by atoms with van der Waals surface area (Å²) in [6.07, 6.45) is 0. The highest BCUT2D eigenvalue weighted by molar-refractivity contribution is 6.36. The Morgan fingerprint density at radius 1 is 1.36 bits per heavy atom. The van der Waals surface area contributed by atoms with Crippen LogP contribution < -0.4 is 10.5 Å². The number of nitrogens with zero attached hydrogens (tertiary/aromatic N) is 1. The van der Waals surface area contributed by atoms with Crippen LogP contribution in [0.4, 0.5) is 10.1 Å². The van der Waals surface area contributed by atoms with Crippen LogP contribution in [-0.4, -0.2) is 17.9 Å². The van der Waals surface area contributed by atoms with Crippen LogP contribution in [0, 0.1) is 12.7 Å². The van der Waals surface area contributed by atoms with Crippen LogP contribution in [0.5, 0.6) is 5.75 Å². The number of ketones is 1. The van der Waals surface area contributed by atoms with Crippen molar-refractivity contribution in [2.75, 3.05) is 12.8 Å². The number of halogens is 3. The molecule has 1 aromatic heterocycles. The summed E-state index contributed by atoms with van der Waals surface area (Å²) in [4.78, 5) is 15.8. The number of carbonyl (C=O) groups is 1. The molecule has 0 fully saturated rings. The van der Waals surface area contributed by atoms with Crippen LogP contribution in [0.3, 0.4) is 0 Å². The normalized spacial score (nSPS) is 10.6. The highest BCUT2D eigenvalue weighted by Crippen LogP contribution is 2.38. The first-order chi connectivity index (χ1) is 10.3. The average Bonchev–Trinajstić information content (AvgIpc) is 2.46. The van der Waals surface area contributed by atoms with Crippen LogP contribution in [0.2, 0.25) is 10.0 Å². The van der Waals surface area contributed by atoms with E-state index in [1.165, 1.54) is 26.2 Å². The summed E-state index contributed by atoms with van der Waals surface area (Å²) in [5, 5.41) is 0.199. The molecule has 0 radical (unpaired) electrons. The van der Waals surface area contributed by atoms with Gasteiger partial charge >= 0.3 is 0 Å². The van der Waals surface area contributed by atoms with Crippen molar-refractivity contribution in [2.45, 2.75) is 13.8 Å². The predicted molar refractivity (Wildman–Crippen MR) is 85.4 cm³/mol. The molecule has 2 N–H and O–H groups in total. The lowest BCUT2D eigenvalue weighted by molar-refractivity contribution is 0.101. The first-order valence-electron chi connectivity index (χ1n) is 6.28. The summed E-state index contributed by atoms with van der Waals surface area (Å²) in [5.74, 6) is -1.14. The number of hydrogen-bond acceptors (Lipinski definition) is 4.